The molecular weight excluding hydrogens is 338 g/mol. The number of esters is 1. The molecule has 1 aliphatic heterocycles. The molecule has 26 heavy (non-hydrogen) atoms. The summed E-state index contributed by atoms with van der Waals surface area (Å²) in [7, 11) is 7.96. The quantitative estimate of drug-likeness (QED) is 0.542. The van der Waals surface area contributed by atoms with Crippen LogP contribution in [-0.2, 0) is 9.53 Å². The van der Waals surface area contributed by atoms with Crippen LogP contribution in [0.5, 0.6) is 17.2 Å². The van der Waals surface area contributed by atoms with Gasteiger partial charge in [-0.1, -0.05) is 0 Å². The number of rotatable bonds is 7. The number of hydrogen-bond acceptors (Lipinski definition) is 7. The maximum Gasteiger partial charge on any atom is 0.307 e. The molecule has 2 atom stereocenters. The van der Waals surface area contributed by atoms with Gasteiger partial charge in [-0.05, 0) is 26.9 Å². The van der Waals surface area contributed by atoms with Gasteiger partial charge in [0.2, 0.25) is 0 Å². The standard InChI is InChI=1S/C19H27NO6/c1-11(21)17-14(23-3)10-15(24-4)18(19(17)26-6)12-7-8-20(2)13(12)9-16(22)25-5/h10,12-13H,7-9H2,1-6H3/t12-,13-/m1/s1. The summed E-state index contributed by atoms with van der Waals surface area (Å²) < 4.78 is 21.4. The molecule has 1 saturated heterocycles. The van der Waals surface area contributed by atoms with Crippen LogP contribution in [0.2, 0.25) is 0 Å². The number of ketones is 1. The first kappa shape index (κ1) is 20.0. The zero-order chi connectivity index (χ0) is 19.4. The lowest BCUT2D eigenvalue weighted by Gasteiger charge is -2.28. The second kappa shape index (κ2) is 8.40. The van der Waals surface area contributed by atoms with E-state index in [0.717, 1.165) is 18.5 Å². The number of benzene rings is 1. The Bertz CT molecular complexity index is 687. The summed E-state index contributed by atoms with van der Waals surface area (Å²) in [5.41, 5.74) is 1.18. The highest BCUT2D eigenvalue weighted by Gasteiger charge is 2.39. The molecule has 7 heteroatoms. The van der Waals surface area contributed by atoms with Gasteiger partial charge in [-0.15, -0.1) is 0 Å². The third-order valence-electron chi connectivity index (χ3n) is 5.04. The predicted molar refractivity (Wildman–Crippen MR) is 96.5 cm³/mol. The van der Waals surface area contributed by atoms with Crippen molar-refractivity contribution in [1.82, 2.24) is 4.90 Å². The Morgan fingerprint density at radius 1 is 1.12 bits per heavy atom. The van der Waals surface area contributed by atoms with Crippen molar-refractivity contribution in [2.45, 2.75) is 31.7 Å². The topological polar surface area (TPSA) is 74.3 Å². The number of carbonyl (C=O) groups is 2. The fourth-order valence-electron chi connectivity index (χ4n) is 3.75. The zero-order valence-electron chi connectivity index (χ0n) is 16.3. The van der Waals surface area contributed by atoms with E-state index in [1.165, 1.54) is 28.3 Å². The summed E-state index contributed by atoms with van der Waals surface area (Å²) in [6, 6.07) is 1.64. The third kappa shape index (κ3) is 3.62. The van der Waals surface area contributed by atoms with E-state index in [-0.39, 0.29) is 30.1 Å². The number of likely N-dealkylation sites (tertiary alicyclic amines) is 1. The molecular formula is C19H27NO6. The highest BCUT2D eigenvalue weighted by atomic mass is 16.5. The zero-order valence-corrected chi connectivity index (χ0v) is 16.3. The summed E-state index contributed by atoms with van der Waals surface area (Å²) in [5, 5.41) is 0. The van der Waals surface area contributed by atoms with Crippen LogP contribution in [-0.4, -0.2) is 64.7 Å². The van der Waals surface area contributed by atoms with E-state index < -0.39 is 0 Å². The number of methoxy groups -OCH3 is 4. The van der Waals surface area contributed by atoms with Gasteiger partial charge < -0.3 is 23.8 Å². The number of likely N-dealkylation sites (N-methyl/N-ethyl adjacent to an activating group) is 1. The minimum Gasteiger partial charge on any atom is -0.496 e. The number of ether oxygens (including phenoxy) is 4. The smallest absolute Gasteiger partial charge is 0.307 e. The Morgan fingerprint density at radius 3 is 2.27 bits per heavy atom. The summed E-state index contributed by atoms with van der Waals surface area (Å²) in [6.45, 7) is 2.30. The Labute approximate surface area is 154 Å². The Kier molecular flexibility index (Phi) is 6.47. The van der Waals surface area contributed by atoms with E-state index in [1.807, 2.05) is 7.05 Å². The van der Waals surface area contributed by atoms with Gasteiger partial charge in [-0.25, -0.2) is 0 Å². The molecule has 1 aromatic rings. The first-order valence-electron chi connectivity index (χ1n) is 8.50. The normalized spacial score (nSPS) is 19.9. The van der Waals surface area contributed by atoms with Gasteiger partial charge in [0.1, 0.15) is 22.8 Å². The number of Topliss-reactive ketones (excluding diaryl/α,β-unsaturated/α-hetero) is 1. The average molecular weight is 365 g/mol. The van der Waals surface area contributed by atoms with Gasteiger partial charge in [0.25, 0.3) is 0 Å². The van der Waals surface area contributed by atoms with Crippen molar-refractivity contribution in [2.75, 3.05) is 42.0 Å². The van der Waals surface area contributed by atoms with Gasteiger partial charge in [-0.2, -0.15) is 0 Å². The van der Waals surface area contributed by atoms with Crippen molar-refractivity contribution in [3.63, 3.8) is 0 Å². The maximum absolute atomic E-state index is 12.3. The maximum atomic E-state index is 12.3. The summed E-state index contributed by atoms with van der Waals surface area (Å²) in [4.78, 5) is 26.3. The van der Waals surface area contributed by atoms with E-state index in [2.05, 4.69) is 4.90 Å². The molecule has 0 aromatic heterocycles. The Balaban J connectivity index is 2.64. The molecule has 1 heterocycles. The molecule has 0 saturated carbocycles. The lowest BCUT2D eigenvalue weighted by atomic mass is 9.86. The largest absolute Gasteiger partial charge is 0.496 e. The molecule has 1 aromatic carbocycles. The molecule has 0 bridgehead atoms. The van der Waals surface area contributed by atoms with Crippen LogP contribution >= 0.6 is 0 Å². The number of nitrogens with zero attached hydrogens (tertiary/aromatic N) is 1. The average Bonchev–Trinajstić information content (AvgIpc) is 2.99. The first-order chi connectivity index (χ1) is 12.4. The molecule has 0 radical (unpaired) electrons. The Morgan fingerprint density at radius 2 is 1.77 bits per heavy atom. The molecule has 1 aliphatic rings. The summed E-state index contributed by atoms with van der Waals surface area (Å²) in [6.07, 6.45) is 1.07. The second-order valence-electron chi connectivity index (χ2n) is 6.38. The van der Waals surface area contributed by atoms with Gasteiger partial charge in [-0.3, -0.25) is 9.59 Å². The van der Waals surface area contributed by atoms with Crippen LogP contribution in [0.1, 0.15) is 41.6 Å². The lowest BCUT2D eigenvalue weighted by molar-refractivity contribution is -0.141. The molecule has 1 fully saturated rings. The molecule has 0 spiro atoms. The van der Waals surface area contributed by atoms with Crippen molar-refractivity contribution < 1.29 is 28.5 Å². The van der Waals surface area contributed by atoms with Crippen LogP contribution in [0.25, 0.3) is 0 Å². The third-order valence-corrected chi connectivity index (χ3v) is 5.04. The number of carbonyl (C=O) groups excluding carboxylic acids is 2. The molecule has 7 nitrogen and oxygen atoms in total. The fraction of sp³-hybridized carbons (Fsp3) is 0.579. The van der Waals surface area contributed by atoms with Gasteiger partial charge in [0, 0.05) is 23.6 Å². The highest BCUT2D eigenvalue weighted by molar-refractivity contribution is 6.00. The number of hydrogen-bond donors (Lipinski definition) is 0. The van der Waals surface area contributed by atoms with Crippen LogP contribution in [0.4, 0.5) is 0 Å². The van der Waals surface area contributed by atoms with Crippen molar-refractivity contribution in [3.05, 3.63) is 17.2 Å². The molecule has 0 aliphatic carbocycles. The van der Waals surface area contributed by atoms with Gasteiger partial charge >= 0.3 is 5.97 Å². The minimum absolute atomic E-state index is 0.0343. The molecule has 0 unspecified atom stereocenters. The monoisotopic (exact) mass is 365 g/mol. The molecule has 2 rings (SSSR count). The van der Waals surface area contributed by atoms with E-state index >= 15 is 0 Å². The van der Waals surface area contributed by atoms with Crippen molar-refractivity contribution >= 4 is 11.8 Å². The Hall–Kier alpha value is -2.28. The molecule has 0 N–H and O–H groups in total. The van der Waals surface area contributed by atoms with E-state index in [0.29, 0.717) is 22.8 Å². The van der Waals surface area contributed by atoms with E-state index in [4.69, 9.17) is 18.9 Å². The van der Waals surface area contributed by atoms with Crippen molar-refractivity contribution in [2.24, 2.45) is 0 Å². The van der Waals surface area contributed by atoms with Gasteiger partial charge in [0.15, 0.2) is 5.78 Å². The highest BCUT2D eigenvalue weighted by Crippen LogP contribution is 2.48. The summed E-state index contributed by atoms with van der Waals surface area (Å²) >= 11 is 0. The van der Waals surface area contributed by atoms with Crippen LogP contribution in [0, 0.1) is 0 Å². The second-order valence-corrected chi connectivity index (χ2v) is 6.38. The van der Waals surface area contributed by atoms with E-state index in [1.54, 1.807) is 13.2 Å². The molecule has 0 amide bonds. The van der Waals surface area contributed by atoms with Crippen LogP contribution in [0.15, 0.2) is 6.07 Å². The van der Waals surface area contributed by atoms with Crippen LogP contribution in [0.3, 0.4) is 0 Å². The van der Waals surface area contributed by atoms with Gasteiger partial charge in [0.05, 0.1) is 34.9 Å². The van der Waals surface area contributed by atoms with Crippen LogP contribution < -0.4 is 14.2 Å². The van der Waals surface area contributed by atoms with Crippen molar-refractivity contribution in [1.29, 1.82) is 0 Å². The molecule has 144 valence electrons. The minimum atomic E-state index is -0.271. The van der Waals surface area contributed by atoms with Crippen molar-refractivity contribution in [3.8, 4) is 17.2 Å². The first-order valence-corrected chi connectivity index (χ1v) is 8.50. The fourth-order valence-corrected chi connectivity index (χ4v) is 3.75. The predicted octanol–water partition coefficient (Wildman–Crippen LogP) is 2.27. The summed E-state index contributed by atoms with van der Waals surface area (Å²) in [5.74, 6) is 0.979. The SMILES string of the molecule is COC(=O)C[C@@H]1[C@H](c2c(OC)cc(OC)c(C(C)=O)c2OC)CCN1C. The lowest BCUT2D eigenvalue weighted by Crippen LogP contribution is -2.31. The van der Waals surface area contributed by atoms with E-state index in [9.17, 15) is 9.59 Å².